The molecule has 0 unspecified atom stereocenters. The van der Waals surface area contributed by atoms with Gasteiger partial charge in [-0.2, -0.15) is 0 Å². The number of hydrogen-bond donors (Lipinski definition) is 0. The second kappa shape index (κ2) is 13.3. The van der Waals surface area contributed by atoms with E-state index < -0.39 is 11.6 Å². The molecule has 0 atom stereocenters. The van der Waals surface area contributed by atoms with E-state index in [4.69, 9.17) is 23.7 Å². The van der Waals surface area contributed by atoms with Crippen LogP contribution in [0, 0.1) is 0 Å². The van der Waals surface area contributed by atoms with Gasteiger partial charge in [0.1, 0.15) is 18.8 Å². The minimum Gasteiger partial charge on any atom is -0.463 e. The van der Waals surface area contributed by atoms with Gasteiger partial charge in [0.2, 0.25) is 0 Å². The monoisotopic (exact) mass is 334 g/mol. The third-order valence-corrected chi connectivity index (χ3v) is 2.33. The summed E-state index contributed by atoms with van der Waals surface area (Å²) in [6.45, 7) is 9.39. The quantitative estimate of drug-likeness (QED) is 0.375. The van der Waals surface area contributed by atoms with Crippen molar-refractivity contribution < 1.29 is 33.3 Å². The average molecular weight is 334 g/mol. The van der Waals surface area contributed by atoms with E-state index in [1.54, 1.807) is 20.8 Å². The molecule has 0 amide bonds. The zero-order valence-corrected chi connectivity index (χ0v) is 14.7. The highest BCUT2D eigenvalue weighted by Gasteiger charge is 2.15. The first-order valence-corrected chi connectivity index (χ1v) is 7.96. The van der Waals surface area contributed by atoms with E-state index in [1.807, 2.05) is 6.92 Å². The zero-order valence-electron chi connectivity index (χ0n) is 14.7. The molecular weight excluding hydrogens is 304 g/mol. The molecule has 0 aliphatic heterocycles. The third kappa shape index (κ3) is 17.0. The van der Waals surface area contributed by atoms with Crippen molar-refractivity contribution >= 4 is 11.9 Å². The van der Waals surface area contributed by atoms with Crippen LogP contribution in [-0.2, 0) is 33.3 Å². The first-order chi connectivity index (χ1) is 10.8. The Morgan fingerprint density at radius 1 is 0.783 bits per heavy atom. The number of carbonyl (C=O) groups excluding carboxylic acids is 2. The van der Waals surface area contributed by atoms with Gasteiger partial charge in [-0.1, -0.05) is 6.92 Å². The maximum Gasteiger partial charge on any atom is 0.332 e. The molecule has 23 heavy (non-hydrogen) atoms. The Kier molecular flexibility index (Phi) is 12.6. The van der Waals surface area contributed by atoms with E-state index in [9.17, 15) is 9.59 Å². The molecule has 0 aliphatic rings. The van der Waals surface area contributed by atoms with E-state index in [1.165, 1.54) is 0 Å². The van der Waals surface area contributed by atoms with Gasteiger partial charge in [-0.3, -0.25) is 4.79 Å². The summed E-state index contributed by atoms with van der Waals surface area (Å²) >= 11 is 0. The number of esters is 2. The molecule has 0 aromatic heterocycles. The molecule has 7 heteroatoms. The SMILES string of the molecule is CCCC(=O)OCCOCCOCCOCC(=O)OC(C)(C)C. The summed E-state index contributed by atoms with van der Waals surface area (Å²) in [5.41, 5.74) is -0.501. The first kappa shape index (κ1) is 21.8. The van der Waals surface area contributed by atoms with Crippen LogP contribution in [-0.4, -0.2) is 63.8 Å². The molecule has 0 saturated carbocycles. The van der Waals surface area contributed by atoms with Gasteiger partial charge < -0.3 is 23.7 Å². The predicted octanol–water partition coefficient (Wildman–Crippen LogP) is 1.72. The van der Waals surface area contributed by atoms with Crippen LogP contribution in [0.15, 0.2) is 0 Å². The molecule has 0 spiro atoms. The van der Waals surface area contributed by atoms with Crippen molar-refractivity contribution in [3.05, 3.63) is 0 Å². The number of rotatable bonds is 13. The lowest BCUT2D eigenvalue weighted by molar-refractivity contribution is -0.160. The molecule has 0 N–H and O–H groups in total. The summed E-state index contributed by atoms with van der Waals surface area (Å²) in [5.74, 6) is -0.590. The van der Waals surface area contributed by atoms with Gasteiger partial charge in [0.05, 0.1) is 33.0 Å². The highest BCUT2D eigenvalue weighted by molar-refractivity contribution is 5.71. The Balaban J connectivity index is 3.25. The molecule has 0 aliphatic carbocycles. The Bertz CT molecular complexity index is 323. The molecule has 0 aromatic carbocycles. The molecule has 0 bridgehead atoms. The molecule has 0 saturated heterocycles. The Hall–Kier alpha value is -1.18. The largest absolute Gasteiger partial charge is 0.463 e. The number of hydrogen-bond acceptors (Lipinski definition) is 7. The van der Waals surface area contributed by atoms with Gasteiger partial charge >= 0.3 is 11.9 Å². The van der Waals surface area contributed by atoms with Gasteiger partial charge in [0.25, 0.3) is 0 Å². The molecule has 0 fully saturated rings. The minimum absolute atomic E-state index is 0.0831. The number of carbonyl (C=O) groups is 2. The highest BCUT2D eigenvalue weighted by atomic mass is 16.6. The Morgan fingerprint density at radius 3 is 1.83 bits per heavy atom. The average Bonchev–Trinajstić information content (AvgIpc) is 2.43. The van der Waals surface area contributed by atoms with E-state index >= 15 is 0 Å². The molecule has 7 nitrogen and oxygen atoms in total. The second-order valence-electron chi connectivity index (χ2n) is 5.83. The van der Waals surface area contributed by atoms with Gasteiger partial charge in [-0.25, -0.2) is 4.79 Å². The summed E-state index contributed by atoms with van der Waals surface area (Å²) < 4.78 is 25.7. The fourth-order valence-corrected chi connectivity index (χ4v) is 1.46. The van der Waals surface area contributed by atoms with Crippen LogP contribution >= 0.6 is 0 Å². The fourth-order valence-electron chi connectivity index (χ4n) is 1.46. The lowest BCUT2D eigenvalue weighted by atomic mass is 10.2. The van der Waals surface area contributed by atoms with Gasteiger partial charge in [-0.15, -0.1) is 0 Å². The second-order valence-corrected chi connectivity index (χ2v) is 5.83. The lowest BCUT2D eigenvalue weighted by Crippen LogP contribution is -2.27. The van der Waals surface area contributed by atoms with Crippen molar-refractivity contribution in [1.82, 2.24) is 0 Å². The summed E-state index contributed by atoms with van der Waals surface area (Å²) in [5, 5.41) is 0. The van der Waals surface area contributed by atoms with Gasteiger partial charge in [0, 0.05) is 6.42 Å². The summed E-state index contributed by atoms with van der Waals surface area (Å²) in [7, 11) is 0. The normalized spacial score (nSPS) is 11.3. The summed E-state index contributed by atoms with van der Waals surface area (Å²) in [6, 6.07) is 0. The van der Waals surface area contributed by atoms with Crippen molar-refractivity contribution in [1.29, 1.82) is 0 Å². The molecule has 0 rings (SSSR count). The minimum atomic E-state index is -0.501. The third-order valence-electron chi connectivity index (χ3n) is 2.33. The first-order valence-electron chi connectivity index (χ1n) is 7.96. The van der Waals surface area contributed by atoms with Crippen LogP contribution in [0.5, 0.6) is 0 Å². The smallest absolute Gasteiger partial charge is 0.332 e. The molecule has 0 heterocycles. The van der Waals surface area contributed by atoms with Crippen LogP contribution in [0.2, 0.25) is 0 Å². The van der Waals surface area contributed by atoms with Crippen molar-refractivity contribution in [2.75, 3.05) is 46.2 Å². The summed E-state index contributed by atoms with van der Waals surface area (Å²) in [6.07, 6.45) is 1.22. The van der Waals surface area contributed by atoms with Crippen molar-refractivity contribution in [2.45, 2.75) is 46.1 Å². The molecule has 136 valence electrons. The van der Waals surface area contributed by atoms with Crippen LogP contribution in [0.1, 0.15) is 40.5 Å². The van der Waals surface area contributed by atoms with Crippen molar-refractivity contribution in [2.24, 2.45) is 0 Å². The van der Waals surface area contributed by atoms with E-state index in [-0.39, 0.29) is 19.2 Å². The van der Waals surface area contributed by atoms with Crippen LogP contribution < -0.4 is 0 Å². The van der Waals surface area contributed by atoms with Crippen LogP contribution in [0.25, 0.3) is 0 Å². The van der Waals surface area contributed by atoms with Crippen LogP contribution in [0.4, 0.5) is 0 Å². The predicted molar refractivity (Wildman–Crippen MR) is 84.2 cm³/mol. The highest BCUT2D eigenvalue weighted by Crippen LogP contribution is 2.06. The number of ether oxygens (including phenoxy) is 5. The molecular formula is C16H30O7. The van der Waals surface area contributed by atoms with E-state index in [0.29, 0.717) is 39.5 Å². The van der Waals surface area contributed by atoms with Crippen LogP contribution in [0.3, 0.4) is 0 Å². The van der Waals surface area contributed by atoms with Crippen molar-refractivity contribution in [3.63, 3.8) is 0 Å². The topological polar surface area (TPSA) is 80.3 Å². The maximum atomic E-state index is 11.3. The van der Waals surface area contributed by atoms with Gasteiger partial charge in [-0.05, 0) is 27.2 Å². The Morgan fingerprint density at radius 2 is 1.30 bits per heavy atom. The van der Waals surface area contributed by atoms with Crippen molar-refractivity contribution in [3.8, 4) is 0 Å². The van der Waals surface area contributed by atoms with E-state index in [2.05, 4.69) is 0 Å². The lowest BCUT2D eigenvalue weighted by Gasteiger charge is -2.19. The molecule has 0 radical (unpaired) electrons. The summed E-state index contributed by atoms with van der Waals surface area (Å²) in [4.78, 5) is 22.4. The fraction of sp³-hybridized carbons (Fsp3) is 0.875. The maximum absolute atomic E-state index is 11.3. The van der Waals surface area contributed by atoms with Gasteiger partial charge in [0.15, 0.2) is 0 Å². The molecule has 0 aromatic rings. The zero-order chi connectivity index (χ0) is 17.6. The van der Waals surface area contributed by atoms with E-state index in [0.717, 1.165) is 6.42 Å². The Labute approximate surface area is 138 Å². The standard InChI is InChI=1S/C16H30O7/c1-5-6-14(17)22-12-11-20-8-7-19-9-10-21-13-15(18)23-16(2,3)4/h5-13H2,1-4H3.